The van der Waals surface area contributed by atoms with E-state index < -0.39 is 11.6 Å². The van der Waals surface area contributed by atoms with Gasteiger partial charge in [-0.2, -0.15) is 0 Å². The monoisotopic (exact) mass is 592 g/mol. The summed E-state index contributed by atoms with van der Waals surface area (Å²) in [6.07, 6.45) is 0. The normalized spacial score (nSPS) is 13.9. The van der Waals surface area contributed by atoms with Crippen LogP contribution in [0, 0.1) is 13.8 Å². The number of fused-ring (bicyclic) bond motifs is 1. The number of esters is 1. The van der Waals surface area contributed by atoms with Gasteiger partial charge in [0.2, 0.25) is 0 Å². The summed E-state index contributed by atoms with van der Waals surface area (Å²) < 4.78 is 6.38. The van der Waals surface area contributed by atoms with E-state index in [-0.39, 0.29) is 25.7 Å². The number of hydrogen-bond acceptors (Lipinski definition) is 4. The lowest BCUT2D eigenvalue weighted by molar-refractivity contribution is 0.0248. The second-order valence-corrected chi connectivity index (χ2v) is 10.9. The number of carbonyl (C=O) groups is 1. The molecular weight excluding hydrogens is 562 g/mol. The van der Waals surface area contributed by atoms with Crippen LogP contribution in [-0.2, 0) is 10.3 Å². The largest absolute Gasteiger partial charge is 0.440 e. The van der Waals surface area contributed by atoms with Gasteiger partial charge in [0.05, 0.1) is 25.7 Å². The summed E-state index contributed by atoms with van der Waals surface area (Å²) in [7, 11) is 0. The quantitative estimate of drug-likeness (QED) is 0.148. The van der Waals surface area contributed by atoms with Crippen LogP contribution in [0.5, 0.6) is 0 Å². The number of nitrogens with zero attached hydrogens (tertiary/aromatic N) is 2. The molecule has 0 fully saturated rings. The average molecular weight is 594 g/mol. The van der Waals surface area contributed by atoms with Crippen LogP contribution in [0.15, 0.2) is 36.4 Å². The Bertz CT molecular complexity index is 1340. The van der Waals surface area contributed by atoms with E-state index in [0.717, 1.165) is 59.8 Å². The Labute approximate surface area is 245 Å². The molecule has 0 amide bonds. The number of halogens is 4. The SMILES string of the molecule is CCN(CC)c1ccc(C2(c3ccc(N(CC)CC)cc3C)OC(=O)c3c(Cl)c(Cl)c(Cl)c(Cl)c32)c(C)c1. The molecule has 0 spiro atoms. The van der Waals surface area contributed by atoms with Crippen molar-refractivity contribution in [3.05, 3.63) is 89.9 Å². The Balaban J connectivity index is 2.09. The molecule has 0 aromatic heterocycles. The molecule has 0 N–H and O–H groups in total. The van der Waals surface area contributed by atoms with Crippen LogP contribution >= 0.6 is 46.4 Å². The first-order chi connectivity index (χ1) is 18.1. The maximum Gasteiger partial charge on any atom is 0.341 e. The molecule has 4 rings (SSSR count). The van der Waals surface area contributed by atoms with Crippen LogP contribution in [0.25, 0.3) is 0 Å². The van der Waals surface area contributed by atoms with Crippen LogP contribution in [-0.4, -0.2) is 32.1 Å². The number of rotatable bonds is 8. The second kappa shape index (κ2) is 11.2. The smallest absolute Gasteiger partial charge is 0.341 e. The van der Waals surface area contributed by atoms with Crippen molar-refractivity contribution in [2.75, 3.05) is 36.0 Å². The zero-order valence-corrected chi connectivity index (χ0v) is 25.5. The number of anilines is 2. The molecule has 202 valence electrons. The Morgan fingerprint density at radius 3 is 1.50 bits per heavy atom. The molecule has 1 aliphatic rings. The van der Waals surface area contributed by atoms with E-state index in [4.69, 9.17) is 51.1 Å². The van der Waals surface area contributed by atoms with Crippen molar-refractivity contribution in [2.24, 2.45) is 0 Å². The summed E-state index contributed by atoms with van der Waals surface area (Å²) in [6, 6.07) is 12.3. The third-order valence-electron chi connectivity index (χ3n) is 7.50. The number of carbonyl (C=O) groups excluding carboxylic acids is 1. The van der Waals surface area contributed by atoms with E-state index in [1.54, 1.807) is 0 Å². The first-order valence-corrected chi connectivity index (χ1v) is 14.4. The van der Waals surface area contributed by atoms with E-state index in [0.29, 0.717) is 5.56 Å². The van der Waals surface area contributed by atoms with Crippen LogP contribution in [0.3, 0.4) is 0 Å². The molecule has 0 aliphatic carbocycles. The van der Waals surface area contributed by atoms with Gasteiger partial charge in [0.15, 0.2) is 5.60 Å². The van der Waals surface area contributed by atoms with E-state index in [9.17, 15) is 4.79 Å². The fourth-order valence-corrected chi connectivity index (χ4v) is 6.64. The Morgan fingerprint density at radius 2 is 1.11 bits per heavy atom. The molecule has 38 heavy (non-hydrogen) atoms. The molecule has 1 heterocycles. The van der Waals surface area contributed by atoms with Gasteiger partial charge in [0, 0.05) is 54.2 Å². The molecule has 0 saturated heterocycles. The second-order valence-electron chi connectivity index (χ2n) is 9.42. The Kier molecular flexibility index (Phi) is 8.49. The van der Waals surface area contributed by atoms with Crippen molar-refractivity contribution in [2.45, 2.75) is 47.1 Å². The van der Waals surface area contributed by atoms with E-state index >= 15 is 0 Å². The highest BCUT2D eigenvalue weighted by molar-refractivity contribution is 6.53. The highest BCUT2D eigenvalue weighted by Gasteiger charge is 2.53. The summed E-state index contributed by atoms with van der Waals surface area (Å²) in [5, 5.41) is 0.320. The van der Waals surface area contributed by atoms with Gasteiger partial charge in [-0.3, -0.25) is 0 Å². The highest BCUT2D eigenvalue weighted by atomic mass is 35.5. The lowest BCUT2D eigenvalue weighted by Gasteiger charge is -2.35. The van der Waals surface area contributed by atoms with Crippen LogP contribution in [0.1, 0.15) is 65.9 Å². The fourth-order valence-electron chi connectivity index (χ4n) is 5.58. The lowest BCUT2D eigenvalue weighted by Crippen LogP contribution is -2.32. The van der Waals surface area contributed by atoms with Gasteiger partial charge in [0.1, 0.15) is 0 Å². The first-order valence-electron chi connectivity index (χ1n) is 12.9. The molecule has 3 aromatic carbocycles. The van der Waals surface area contributed by atoms with Gasteiger partial charge < -0.3 is 14.5 Å². The molecule has 0 saturated carbocycles. The van der Waals surface area contributed by atoms with Gasteiger partial charge in [-0.1, -0.05) is 58.5 Å². The van der Waals surface area contributed by atoms with Crippen molar-refractivity contribution < 1.29 is 9.53 Å². The Hall–Kier alpha value is -2.11. The molecular formula is C30H32Cl4N2O2. The Morgan fingerprint density at radius 1 is 0.684 bits per heavy atom. The number of hydrogen-bond donors (Lipinski definition) is 0. The fraction of sp³-hybridized carbons (Fsp3) is 0.367. The van der Waals surface area contributed by atoms with Gasteiger partial charge in [0.25, 0.3) is 0 Å². The van der Waals surface area contributed by atoms with Gasteiger partial charge in [-0.25, -0.2) is 4.79 Å². The maximum absolute atomic E-state index is 13.5. The standard InChI is InChI=1S/C30H32Cl4N2O2/c1-7-35(8-2)19-11-13-21(17(5)15-19)30(22-14-12-20(16-18(22)6)36(9-3)10-4)24-23(29(37)38-30)25(31)27(33)28(34)26(24)32/h11-16H,7-10H2,1-6H3. The zero-order valence-electron chi connectivity index (χ0n) is 22.5. The van der Waals surface area contributed by atoms with E-state index in [2.05, 4.69) is 61.8 Å². The van der Waals surface area contributed by atoms with Crippen molar-refractivity contribution in [1.29, 1.82) is 0 Å². The third kappa shape index (κ3) is 4.44. The number of aryl methyl sites for hydroxylation is 2. The van der Waals surface area contributed by atoms with Crippen LogP contribution < -0.4 is 9.80 Å². The molecule has 0 radical (unpaired) electrons. The van der Waals surface area contributed by atoms with E-state index in [1.807, 2.05) is 26.0 Å². The average Bonchev–Trinajstić information content (AvgIpc) is 3.21. The van der Waals surface area contributed by atoms with Crippen molar-refractivity contribution in [3.63, 3.8) is 0 Å². The minimum Gasteiger partial charge on any atom is -0.440 e. The van der Waals surface area contributed by atoms with Crippen molar-refractivity contribution >= 4 is 63.7 Å². The van der Waals surface area contributed by atoms with Gasteiger partial charge in [-0.15, -0.1) is 0 Å². The summed E-state index contributed by atoms with van der Waals surface area (Å²) >= 11 is 26.5. The molecule has 0 atom stereocenters. The molecule has 3 aromatic rings. The third-order valence-corrected chi connectivity index (χ3v) is 9.31. The zero-order chi connectivity index (χ0) is 27.9. The van der Waals surface area contributed by atoms with Gasteiger partial charge in [-0.05, 0) is 76.9 Å². The predicted molar refractivity (Wildman–Crippen MR) is 161 cm³/mol. The summed E-state index contributed by atoms with van der Waals surface area (Å²) in [4.78, 5) is 18.1. The van der Waals surface area contributed by atoms with E-state index in [1.165, 1.54) is 0 Å². The number of ether oxygens (including phenoxy) is 1. The summed E-state index contributed by atoms with van der Waals surface area (Å²) in [5.41, 5.74) is 4.84. The molecule has 0 unspecified atom stereocenters. The number of cyclic esters (lactones) is 1. The highest BCUT2D eigenvalue weighted by Crippen LogP contribution is 2.56. The summed E-state index contributed by atoms with van der Waals surface area (Å²) in [5.74, 6) is -0.593. The minimum absolute atomic E-state index is 0.0343. The number of benzene rings is 3. The predicted octanol–water partition coefficient (Wildman–Crippen LogP) is 9.07. The maximum atomic E-state index is 13.5. The van der Waals surface area contributed by atoms with Crippen LogP contribution in [0.4, 0.5) is 11.4 Å². The van der Waals surface area contributed by atoms with Crippen molar-refractivity contribution in [3.8, 4) is 0 Å². The summed E-state index contributed by atoms with van der Waals surface area (Å²) in [6.45, 7) is 16.0. The van der Waals surface area contributed by atoms with Crippen molar-refractivity contribution in [1.82, 2.24) is 0 Å². The van der Waals surface area contributed by atoms with Crippen LogP contribution in [0.2, 0.25) is 20.1 Å². The minimum atomic E-state index is -1.36. The molecule has 4 nitrogen and oxygen atoms in total. The lowest BCUT2D eigenvalue weighted by atomic mass is 9.76. The molecule has 1 aliphatic heterocycles. The first kappa shape index (κ1) is 28.9. The molecule has 8 heteroatoms. The van der Waals surface area contributed by atoms with Gasteiger partial charge >= 0.3 is 5.97 Å². The molecule has 0 bridgehead atoms. The topological polar surface area (TPSA) is 32.8 Å².